The maximum Gasteiger partial charge on any atom is 0.232 e. The van der Waals surface area contributed by atoms with E-state index in [9.17, 15) is 4.79 Å². The van der Waals surface area contributed by atoms with Crippen molar-refractivity contribution in [3.8, 4) is 0 Å². The average Bonchev–Trinajstić information content (AvgIpc) is 2.13. The largest absolute Gasteiger partial charge is 0.449 e. The fourth-order valence-corrected chi connectivity index (χ4v) is 1.15. The number of amides is 1. The van der Waals surface area contributed by atoms with Crippen molar-refractivity contribution in [2.75, 3.05) is 6.54 Å². The van der Waals surface area contributed by atoms with Gasteiger partial charge < -0.3 is 10.6 Å². The van der Waals surface area contributed by atoms with Crippen LogP contribution in [-0.2, 0) is 4.79 Å². The molecule has 1 aliphatic heterocycles. The van der Waals surface area contributed by atoms with E-state index in [1.54, 1.807) is 4.90 Å². The average molecular weight is 127 g/mol. The molecule has 2 N–H and O–H groups in total. The van der Waals surface area contributed by atoms with Crippen LogP contribution in [0.5, 0.6) is 0 Å². The lowest BCUT2D eigenvalue weighted by molar-refractivity contribution is -0.121. The highest BCUT2D eigenvalue weighted by Gasteiger charge is 2.20. The van der Waals surface area contributed by atoms with Crippen molar-refractivity contribution >= 4 is 5.91 Å². The molecule has 1 heterocycles. The number of carbonyl (C=O) groups excluding carboxylic acids is 1. The molecule has 0 aromatic carbocycles. The molecule has 1 aliphatic rings. The lowest BCUT2D eigenvalue weighted by atomic mass is 10.2. The SMILES string of the molecule is [CH2-]N1CCC[C@@H]1C(N)=O. The second-order valence-corrected chi connectivity index (χ2v) is 2.37. The van der Waals surface area contributed by atoms with E-state index in [0.717, 1.165) is 19.4 Å². The first-order valence-electron chi connectivity index (χ1n) is 3.08. The molecule has 52 valence electrons. The van der Waals surface area contributed by atoms with Crippen LogP contribution in [0.25, 0.3) is 0 Å². The molecule has 3 nitrogen and oxygen atoms in total. The second-order valence-electron chi connectivity index (χ2n) is 2.37. The van der Waals surface area contributed by atoms with Crippen molar-refractivity contribution in [2.24, 2.45) is 5.73 Å². The van der Waals surface area contributed by atoms with Gasteiger partial charge in [-0.2, -0.15) is 0 Å². The molecule has 1 saturated heterocycles. The molecule has 0 saturated carbocycles. The van der Waals surface area contributed by atoms with Gasteiger partial charge in [0.15, 0.2) is 0 Å². The van der Waals surface area contributed by atoms with Gasteiger partial charge in [-0.1, -0.05) is 0 Å². The molecule has 0 radical (unpaired) electrons. The van der Waals surface area contributed by atoms with Crippen LogP contribution in [0.3, 0.4) is 0 Å². The highest BCUT2D eigenvalue weighted by Crippen LogP contribution is 2.14. The molecule has 0 aromatic rings. The van der Waals surface area contributed by atoms with E-state index in [2.05, 4.69) is 7.05 Å². The van der Waals surface area contributed by atoms with Crippen LogP contribution >= 0.6 is 0 Å². The Morgan fingerprint density at radius 1 is 1.78 bits per heavy atom. The standard InChI is InChI=1S/C6H11N2O/c1-8-4-2-3-5(8)6(7)9/h5H,1-4H2,(H2,7,9)/q-1/t5-/m1/s1. The minimum atomic E-state index is -0.248. The van der Waals surface area contributed by atoms with Gasteiger partial charge in [0.05, 0.1) is 6.04 Å². The lowest BCUT2D eigenvalue weighted by Crippen LogP contribution is -2.36. The van der Waals surface area contributed by atoms with Crippen molar-refractivity contribution in [3.05, 3.63) is 7.05 Å². The summed E-state index contributed by atoms with van der Waals surface area (Å²) in [5.41, 5.74) is 5.07. The molecule has 1 fully saturated rings. The first kappa shape index (κ1) is 6.55. The predicted octanol–water partition coefficient (Wildman–Crippen LogP) is -0.272. The van der Waals surface area contributed by atoms with Crippen LogP contribution in [0.2, 0.25) is 0 Å². The van der Waals surface area contributed by atoms with Crippen molar-refractivity contribution in [3.63, 3.8) is 0 Å². The van der Waals surface area contributed by atoms with Gasteiger partial charge in [-0.05, 0) is 19.4 Å². The normalized spacial score (nSPS) is 28.8. The van der Waals surface area contributed by atoms with Gasteiger partial charge in [0, 0.05) is 0 Å². The van der Waals surface area contributed by atoms with Crippen LogP contribution in [0, 0.1) is 7.05 Å². The van der Waals surface area contributed by atoms with Gasteiger partial charge in [-0.3, -0.25) is 11.8 Å². The van der Waals surface area contributed by atoms with Crippen molar-refractivity contribution in [2.45, 2.75) is 18.9 Å². The Balaban J connectivity index is 2.49. The van der Waals surface area contributed by atoms with E-state index < -0.39 is 0 Å². The fraction of sp³-hybridized carbons (Fsp3) is 0.667. The number of hydrogen-bond acceptors (Lipinski definition) is 2. The second kappa shape index (κ2) is 2.35. The highest BCUT2D eigenvalue weighted by molar-refractivity contribution is 5.80. The molecule has 9 heavy (non-hydrogen) atoms. The van der Waals surface area contributed by atoms with Crippen LogP contribution in [-0.4, -0.2) is 23.4 Å². The smallest absolute Gasteiger partial charge is 0.232 e. The first-order valence-corrected chi connectivity index (χ1v) is 3.08. The summed E-state index contributed by atoms with van der Waals surface area (Å²) in [4.78, 5) is 12.3. The molecule has 0 unspecified atom stereocenters. The Labute approximate surface area is 54.8 Å². The summed E-state index contributed by atoms with van der Waals surface area (Å²) in [6.07, 6.45) is 1.91. The van der Waals surface area contributed by atoms with Crippen molar-refractivity contribution in [1.82, 2.24) is 4.90 Å². The van der Waals surface area contributed by atoms with Crippen molar-refractivity contribution < 1.29 is 4.79 Å². The van der Waals surface area contributed by atoms with E-state index in [-0.39, 0.29) is 11.9 Å². The molecule has 1 amide bonds. The molecular weight excluding hydrogens is 116 g/mol. The highest BCUT2D eigenvalue weighted by atomic mass is 16.1. The summed E-state index contributed by atoms with van der Waals surface area (Å²) >= 11 is 0. The summed E-state index contributed by atoms with van der Waals surface area (Å²) in [7, 11) is 3.67. The Morgan fingerprint density at radius 3 is 2.67 bits per heavy atom. The maximum atomic E-state index is 10.6. The number of carbonyl (C=O) groups is 1. The number of nitrogens with zero attached hydrogens (tertiary/aromatic N) is 1. The number of primary amides is 1. The zero-order chi connectivity index (χ0) is 6.85. The summed E-state index contributed by atoms with van der Waals surface area (Å²) in [6, 6.07) is -0.106. The van der Waals surface area contributed by atoms with E-state index in [4.69, 9.17) is 5.73 Å². The molecule has 3 heteroatoms. The van der Waals surface area contributed by atoms with Gasteiger partial charge in [-0.25, -0.2) is 0 Å². The predicted molar refractivity (Wildman–Crippen MR) is 34.3 cm³/mol. The van der Waals surface area contributed by atoms with Crippen LogP contribution in [0.4, 0.5) is 0 Å². The third kappa shape index (κ3) is 1.21. The Kier molecular flexibility index (Phi) is 1.71. The number of nitrogens with two attached hydrogens (primary N) is 1. The summed E-state index contributed by atoms with van der Waals surface area (Å²) in [5, 5.41) is 0. The maximum absolute atomic E-state index is 10.6. The lowest BCUT2D eigenvalue weighted by Gasteiger charge is -2.23. The number of likely N-dealkylation sites (tertiary alicyclic amines) is 1. The van der Waals surface area contributed by atoms with Crippen LogP contribution in [0.15, 0.2) is 0 Å². The summed E-state index contributed by atoms with van der Waals surface area (Å²) in [6.45, 7) is 0.896. The molecule has 0 bridgehead atoms. The monoisotopic (exact) mass is 127 g/mol. The molecule has 1 rings (SSSR count). The van der Waals surface area contributed by atoms with Crippen LogP contribution in [0.1, 0.15) is 12.8 Å². The Bertz CT molecular complexity index is 124. The molecule has 0 spiro atoms. The van der Waals surface area contributed by atoms with E-state index in [1.807, 2.05) is 0 Å². The molecular formula is C6H11N2O-. The quantitative estimate of drug-likeness (QED) is 0.493. The molecule has 0 aromatic heterocycles. The Morgan fingerprint density at radius 2 is 2.44 bits per heavy atom. The van der Waals surface area contributed by atoms with Gasteiger partial charge in [0.2, 0.25) is 5.91 Å². The zero-order valence-electron chi connectivity index (χ0n) is 5.34. The minimum absolute atomic E-state index is 0.106. The zero-order valence-corrected chi connectivity index (χ0v) is 5.34. The third-order valence-electron chi connectivity index (χ3n) is 1.69. The minimum Gasteiger partial charge on any atom is -0.449 e. The van der Waals surface area contributed by atoms with Gasteiger partial charge in [0.1, 0.15) is 0 Å². The topological polar surface area (TPSA) is 46.3 Å². The van der Waals surface area contributed by atoms with Gasteiger partial charge >= 0.3 is 0 Å². The molecule has 1 atom stereocenters. The van der Waals surface area contributed by atoms with Gasteiger partial charge in [0.25, 0.3) is 0 Å². The fourth-order valence-electron chi connectivity index (χ4n) is 1.15. The summed E-state index contributed by atoms with van der Waals surface area (Å²) < 4.78 is 0. The number of hydrogen-bond donors (Lipinski definition) is 1. The van der Waals surface area contributed by atoms with Crippen LogP contribution < -0.4 is 5.73 Å². The van der Waals surface area contributed by atoms with E-state index in [0.29, 0.717) is 0 Å². The Hall–Kier alpha value is -0.570. The van der Waals surface area contributed by atoms with E-state index in [1.165, 1.54) is 0 Å². The first-order chi connectivity index (χ1) is 4.22. The van der Waals surface area contributed by atoms with Gasteiger partial charge in [-0.15, -0.1) is 0 Å². The van der Waals surface area contributed by atoms with E-state index >= 15 is 0 Å². The van der Waals surface area contributed by atoms with Crippen molar-refractivity contribution in [1.29, 1.82) is 0 Å². The summed E-state index contributed by atoms with van der Waals surface area (Å²) in [5.74, 6) is -0.248. The third-order valence-corrected chi connectivity index (χ3v) is 1.69. The number of rotatable bonds is 1. The molecule has 0 aliphatic carbocycles.